The van der Waals surface area contributed by atoms with Crippen LogP contribution in [0.5, 0.6) is 5.75 Å². The van der Waals surface area contributed by atoms with E-state index in [9.17, 15) is 4.79 Å². The van der Waals surface area contributed by atoms with Crippen molar-refractivity contribution in [2.75, 3.05) is 25.0 Å². The van der Waals surface area contributed by atoms with E-state index in [1.807, 2.05) is 30.3 Å². The second-order valence-corrected chi connectivity index (χ2v) is 5.71. The average molecular weight is 315 g/mol. The molecule has 6 nitrogen and oxygen atoms in total. The molecule has 0 radical (unpaired) electrons. The molecule has 1 aliphatic heterocycles. The van der Waals surface area contributed by atoms with E-state index in [-0.39, 0.29) is 13.0 Å². The number of nitrogens with zero attached hydrogens (tertiary/aromatic N) is 1. The zero-order chi connectivity index (χ0) is 16.1. The minimum atomic E-state index is -0.860. The van der Waals surface area contributed by atoms with Gasteiger partial charge in [0.25, 0.3) is 0 Å². The van der Waals surface area contributed by atoms with E-state index in [4.69, 9.17) is 9.84 Å². The molecule has 1 saturated heterocycles. The Morgan fingerprint density at radius 1 is 1.30 bits per heavy atom. The Bertz CT molecular complexity index is 684. The maximum absolute atomic E-state index is 10.5. The van der Waals surface area contributed by atoms with Gasteiger partial charge in [0.2, 0.25) is 0 Å². The van der Waals surface area contributed by atoms with E-state index >= 15 is 0 Å². The van der Waals surface area contributed by atoms with Crippen LogP contribution in [0.1, 0.15) is 19.3 Å². The van der Waals surface area contributed by atoms with Crippen LogP contribution in [0, 0.1) is 0 Å². The van der Waals surface area contributed by atoms with Gasteiger partial charge in [-0.1, -0.05) is 0 Å². The molecule has 1 aromatic carbocycles. The van der Waals surface area contributed by atoms with E-state index in [1.54, 1.807) is 0 Å². The van der Waals surface area contributed by atoms with Crippen molar-refractivity contribution in [3.63, 3.8) is 0 Å². The first-order valence-corrected chi connectivity index (χ1v) is 7.93. The number of anilines is 1. The smallest absolute Gasteiger partial charge is 0.306 e. The summed E-state index contributed by atoms with van der Waals surface area (Å²) in [4.78, 5) is 15.1. The van der Waals surface area contributed by atoms with Crippen LogP contribution >= 0.6 is 0 Å². The molecule has 2 heterocycles. The predicted molar refractivity (Wildman–Crippen MR) is 89.0 cm³/mol. The number of carboxylic acids is 1. The number of hydrogen-bond donors (Lipinski definition) is 3. The van der Waals surface area contributed by atoms with Gasteiger partial charge in [-0.25, -0.2) is 4.98 Å². The molecule has 0 saturated carbocycles. The number of nitrogens with one attached hydrogen (secondary N) is 2. The topological polar surface area (TPSA) is 83.5 Å². The van der Waals surface area contributed by atoms with Gasteiger partial charge >= 0.3 is 5.97 Å². The highest BCUT2D eigenvalue weighted by molar-refractivity contribution is 5.81. The number of fused-ring (bicyclic) bond motifs is 1. The molecule has 0 atom stereocenters. The molecule has 0 bridgehead atoms. The second kappa shape index (κ2) is 7.28. The molecular formula is C17H21N3O3. The standard InChI is InChI=1S/C17H21N3O3/c21-17(22)7-10-23-14-2-3-15-12(11-14)1-4-16(20-15)19-13-5-8-18-9-6-13/h1-4,11,13,18H,5-10H2,(H,19,20)(H,21,22). The lowest BCUT2D eigenvalue weighted by Crippen LogP contribution is -2.35. The highest BCUT2D eigenvalue weighted by atomic mass is 16.5. The van der Waals surface area contributed by atoms with E-state index < -0.39 is 5.97 Å². The SMILES string of the molecule is O=C(O)CCOc1ccc2nc(NC3CCNCC3)ccc2c1. The number of ether oxygens (including phenoxy) is 1. The molecule has 0 spiro atoms. The third kappa shape index (κ3) is 4.32. The maximum atomic E-state index is 10.5. The molecule has 3 rings (SSSR count). The molecular weight excluding hydrogens is 294 g/mol. The number of rotatable bonds is 6. The third-order valence-electron chi connectivity index (χ3n) is 3.94. The first kappa shape index (κ1) is 15.6. The summed E-state index contributed by atoms with van der Waals surface area (Å²) in [7, 11) is 0. The zero-order valence-electron chi connectivity index (χ0n) is 12.9. The highest BCUT2D eigenvalue weighted by Gasteiger charge is 2.13. The van der Waals surface area contributed by atoms with Crippen molar-refractivity contribution in [1.82, 2.24) is 10.3 Å². The van der Waals surface area contributed by atoms with Gasteiger partial charge in [0.15, 0.2) is 0 Å². The Morgan fingerprint density at radius 3 is 2.91 bits per heavy atom. The number of carbonyl (C=O) groups is 1. The number of carboxylic acid groups (broad SMARTS) is 1. The van der Waals surface area contributed by atoms with Crippen LogP contribution in [0.3, 0.4) is 0 Å². The molecule has 0 unspecified atom stereocenters. The molecule has 1 fully saturated rings. The van der Waals surface area contributed by atoms with E-state index in [0.29, 0.717) is 11.8 Å². The van der Waals surface area contributed by atoms with Crippen molar-refractivity contribution < 1.29 is 14.6 Å². The molecule has 0 amide bonds. The van der Waals surface area contributed by atoms with Gasteiger partial charge in [0.05, 0.1) is 18.5 Å². The number of pyridine rings is 1. The van der Waals surface area contributed by atoms with E-state index in [0.717, 1.165) is 42.7 Å². The Kier molecular flexibility index (Phi) is 4.92. The minimum Gasteiger partial charge on any atom is -0.493 e. The Morgan fingerprint density at radius 2 is 2.13 bits per heavy atom. The fourth-order valence-corrected chi connectivity index (χ4v) is 2.71. The van der Waals surface area contributed by atoms with Gasteiger partial charge in [0.1, 0.15) is 11.6 Å². The van der Waals surface area contributed by atoms with Gasteiger partial charge in [-0.05, 0) is 56.3 Å². The van der Waals surface area contributed by atoms with Crippen LogP contribution < -0.4 is 15.4 Å². The second-order valence-electron chi connectivity index (χ2n) is 5.71. The highest BCUT2D eigenvalue weighted by Crippen LogP contribution is 2.22. The zero-order valence-corrected chi connectivity index (χ0v) is 12.9. The van der Waals surface area contributed by atoms with E-state index in [1.165, 1.54) is 0 Å². The van der Waals surface area contributed by atoms with E-state index in [2.05, 4.69) is 15.6 Å². The number of piperidine rings is 1. The van der Waals surface area contributed by atoms with Gasteiger partial charge in [-0.15, -0.1) is 0 Å². The molecule has 6 heteroatoms. The quantitative estimate of drug-likeness (QED) is 0.758. The first-order chi connectivity index (χ1) is 11.2. The summed E-state index contributed by atoms with van der Waals surface area (Å²) in [5.74, 6) is 0.699. The average Bonchev–Trinajstić information content (AvgIpc) is 2.55. The molecule has 1 aliphatic rings. The third-order valence-corrected chi connectivity index (χ3v) is 3.94. The summed E-state index contributed by atoms with van der Waals surface area (Å²) >= 11 is 0. The van der Waals surface area contributed by atoms with Crippen molar-refractivity contribution in [2.24, 2.45) is 0 Å². The number of hydrogen-bond acceptors (Lipinski definition) is 5. The van der Waals surface area contributed by atoms with Gasteiger partial charge in [-0.2, -0.15) is 0 Å². The first-order valence-electron chi connectivity index (χ1n) is 7.93. The summed E-state index contributed by atoms with van der Waals surface area (Å²) in [6.45, 7) is 2.26. The number of aromatic nitrogens is 1. The van der Waals surface area contributed by atoms with Crippen LogP contribution in [0.4, 0.5) is 5.82 Å². The van der Waals surface area contributed by atoms with Crippen LogP contribution in [0.15, 0.2) is 30.3 Å². The predicted octanol–water partition coefficient (Wildman–Crippen LogP) is 2.25. The number of aliphatic carboxylic acids is 1. The van der Waals surface area contributed by atoms with Crippen LogP contribution in [-0.4, -0.2) is 41.8 Å². The molecule has 1 aromatic heterocycles. The summed E-state index contributed by atoms with van der Waals surface area (Å²) in [6, 6.07) is 10.1. The fourth-order valence-electron chi connectivity index (χ4n) is 2.71. The molecule has 0 aliphatic carbocycles. The van der Waals surface area contributed by atoms with Crippen molar-refractivity contribution in [3.05, 3.63) is 30.3 Å². The van der Waals surface area contributed by atoms with Gasteiger partial charge < -0.3 is 20.5 Å². The van der Waals surface area contributed by atoms with Crippen LogP contribution in [0.25, 0.3) is 10.9 Å². The Hall–Kier alpha value is -2.34. The Balaban J connectivity index is 1.67. The molecule has 3 N–H and O–H groups in total. The van der Waals surface area contributed by atoms with Gasteiger partial charge in [0, 0.05) is 11.4 Å². The lowest BCUT2D eigenvalue weighted by atomic mass is 10.1. The summed E-state index contributed by atoms with van der Waals surface area (Å²) in [6.07, 6.45) is 2.21. The van der Waals surface area contributed by atoms with Gasteiger partial charge in [-0.3, -0.25) is 4.79 Å². The minimum absolute atomic E-state index is 0.00457. The molecule has 122 valence electrons. The van der Waals surface area contributed by atoms with Crippen LogP contribution in [-0.2, 0) is 4.79 Å². The Labute approximate surface area is 134 Å². The van der Waals surface area contributed by atoms with Crippen molar-refractivity contribution in [2.45, 2.75) is 25.3 Å². The van der Waals surface area contributed by atoms with Crippen molar-refractivity contribution in [3.8, 4) is 5.75 Å². The largest absolute Gasteiger partial charge is 0.493 e. The van der Waals surface area contributed by atoms with Crippen molar-refractivity contribution in [1.29, 1.82) is 0 Å². The fraction of sp³-hybridized carbons (Fsp3) is 0.412. The summed E-state index contributed by atoms with van der Waals surface area (Å²) < 4.78 is 5.45. The molecule has 23 heavy (non-hydrogen) atoms. The lowest BCUT2D eigenvalue weighted by molar-refractivity contribution is -0.137. The van der Waals surface area contributed by atoms with Crippen molar-refractivity contribution >= 4 is 22.7 Å². The number of benzene rings is 1. The summed E-state index contributed by atoms with van der Waals surface area (Å²) in [5, 5.41) is 16.4. The van der Waals surface area contributed by atoms with Crippen LogP contribution in [0.2, 0.25) is 0 Å². The normalized spacial score (nSPS) is 15.5. The summed E-state index contributed by atoms with van der Waals surface area (Å²) in [5.41, 5.74) is 0.898. The monoisotopic (exact) mass is 315 g/mol. The maximum Gasteiger partial charge on any atom is 0.306 e. The lowest BCUT2D eigenvalue weighted by Gasteiger charge is -2.24. The molecule has 2 aromatic rings.